The molecule has 0 N–H and O–H groups in total. The zero-order valence-electron chi connectivity index (χ0n) is 14.7. The first-order chi connectivity index (χ1) is 12.0. The van der Waals surface area contributed by atoms with Crippen LogP contribution in [0.1, 0.15) is 49.1 Å². The van der Waals surface area contributed by atoms with Gasteiger partial charge in [-0.1, -0.05) is 60.9 Å². The van der Waals surface area contributed by atoms with Gasteiger partial charge in [0.1, 0.15) is 0 Å². The molecule has 1 heterocycles. The molecule has 4 rings (SSSR count). The normalized spacial score (nSPS) is 23.3. The van der Waals surface area contributed by atoms with Crippen LogP contribution in [0.3, 0.4) is 0 Å². The Bertz CT molecular complexity index is 837. The van der Waals surface area contributed by atoms with Gasteiger partial charge in [-0.2, -0.15) is 4.31 Å². The molecular formula is C21H25NO2S. The molecule has 1 unspecified atom stereocenters. The van der Waals surface area contributed by atoms with Gasteiger partial charge >= 0.3 is 0 Å². The van der Waals surface area contributed by atoms with Crippen molar-refractivity contribution in [2.24, 2.45) is 0 Å². The Hall–Kier alpha value is -1.65. The Labute approximate surface area is 150 Å². The molecule has 2 aromatic rings. The molecule has 1 spiro atoms. The average Bonchev–Trinajstić information content (AvgIpc) is 3.24. The molecule has 132 valence electrons. The van der Waals surface area contributed by atoms with Crippen LogP contribution < -0.4 is 0 Å². The minimum absolute atomic E-state index is 0.190. The topological polar surface area (TPSA) is 37.4 Å². The van der Waals surface area contributed by atoms with Gasteiger partial charge in [0, 0.05) is 12.1 Å². The van der Waals surface area contributed by atoms with Gasteiger partial charge in [0.15, 0.2) is 0 Å². The lowest BCUT2D eigenvalue weighted by atomic mass is 9.88. The van der Waals surface area contributed by atoms with Crippen LogP contribution in [0.2, 0.25) is 0 Å². The molecule has 0 radical (unpaired) electrons. The summed E-state index contributed by atoms with van der Waals surface area (Å²) in [4.78, 5) is 0.429. The van der Waals surface area contributed by atoms with E-state index in [1.807, 2.05) is 41.6 Å². The predicted octanol–water partition coefficient (Wildman–Crippen LogP) is 4.49. The van der Waals surface area contributed by atoms with Crippen LogP contribution in [0.4, 0.5) is 0 Å². The lowest BCUT2D eigenvalue weighted by Crippen LogP contribution is -2.45. The zero-order valence-corrected chi connectivity index (χ0v) is 15.5. The molecule has 1 aliphatic carbocycles. The van der Waals surface area contributed by atoms with Crippen molar-refractivity contribution in [2.75, 3.05) is 6.54 Å². The Kier molecular flexibility index (Phi) is 4.20. The Morgan fingerprint density at radius 3 is 2.24 bits per heavy atom. The van der Waals surface area contributed by atoms with E-state index < -0.39 is 10.0 Å². The molecule has 0 amide bonds. The second-order valence-electron chi connectivity index (χ2n) is 7.59. The van der Waals surface area contributed by atoms with Gasteiger partial charge in [-0.3, -0.25) is 0 Å². The number of hydrogen-bond acceptors (Lipinski definition) is 2. The summed E-state index contributed by atoms with van der Waals surface area (Å²) in [6.45, 7) is 2.58. The van der Waals surface area contributed by atoms with Gasteiger partial charge in [-0.05, 0) is 49.8 Å². The number of rotatable bonds is 3. The third kappa shape index (κ3) is 2.91. The van der Waals surface area contributed by atoms with E-state index in [1.165, 1.54) is 5.56 Å². The molecule has 0 aromatic heterocycles. The summed E-state index contributed by atoms with van der Waals surface area (Å²) >= 11 is 0. The minimum Gasteiger partial charge on any atom is -0.207 e. The fourth-order valence-corrected chi connectivity index (χ4v) is 6.52. The molecule has 2 aromatic carbocycles. The predicted molar refractivity (Wildman–Crippen MR) is 100 cm³/mol. The molecule has 2 aliphatic rings. The van der Waals surface area contributed by atoms with Crippen LogP contribution in [0.15, 0.2) is 59.5 Å². The maximum Gasteiger partial charge on any atom is 0.243 e. The molecule has 25 heavy (non-hydrogen) atoms. The maximum atomic E-state index is 13.4. The highest BCUT2D eigenvalue weighted by molar-refractivity contribution is 7.89. The van der Waals surface area contributed by atoms with Gasteiger partial charge in [-0.15, -0.1) is 0 Å². The number of aryl methyl sites for hydroxylation is 1. The van der Waals surface area contributed by atoms with Gasteiger partial charge in [0.05, 0.1) is 4.90 Å². The quantitative estimate of drug-likeness (QED) is 0.814. The maximum absolute atomic E-state index is 13.4. The highest BCUT2D eigenvalue weighted by Crippen LogP contribution is 2.50. The second-order valence-corrected chi connectivity index (χ2v) is 9.45. The van der Waals surface area contributed by atoms with E-state index in [2.05, 4.69) is 12.1 Å². The number of hydrogen-bond donors (Lipinski definition) is 0. The SMILES string of the molecule is Cc1ccc(S(=O)(=O)N2CC(c3ccccc3)CC23CCCC3)cc1. The van der Waals surface area contributed by atoms with E-state index in [1.54, 1.807) is 12.1 Å². The molecular weight excluding hydrogens is 330 g/mol. The largest absolute Gasteiger partial charge is 0.243 e. The Morgan fingerprint density at radius 2 is 1.60 bits per heavy atom. The van der Waals surface area contributed by atoms with Crippen LogP contribution in [0.5, 0.6) is 0 Å². The van der Waals surface area contributed by atoms with Crippen molar-refractivity contribution in [1.82, 2.24) is 4.31 Å². The highest BCUT2D eigenvalue weighted by atomic mass is 32.2. The molecule has 0 bridgehead atoms. The minimum atomic E-state index is -3.45. The second kappa shape index (κ2) is 6.26. The summed E-state index contributed by atoms with van der Waals surface area (Å²) < 4.78 is 28.7. The van der Waals surface area contributed by atoms with Crippen LogP contribution >= 0.6 is 0 Å². The number of benzene rings is 2. The Balaban J connectivity index is 1.72. The van der Waals surface area contributed by atoms with Crippen molar-refractivity contribution in [3.05, 3.63) is 65.7 Å². The third-order valence-corrected chi connectivity index (χ3v) is 7.94. The Morgan fingerprint density at radius 1 is 0.960 bits per heavy atom. The van der Waals surface area contributed by atoms with Crippen molar-refractivity contribution in [2.45, 2.75) is 55.4 Å². The smallest absolute Gasteiger partial charge is 0.207 e. The van der Waals surface area contributed by atoms with E-state index >= 15 is 0 Å². The molecule has 2 fully saturated rings. The van der Waals surface area contributed by atoms with Gasteiger partial charge in [-0.25, -0.2) is 8.42 Å². The molecule has 1 atom stereocenters. The third-order valence-electron chi connectivity index (χ3n) is 5.96. The lowest BCUT2D eigenvalue weighted by Gasteiger charge is -2.34. The van der Waals surface area contributed by atoms with Crippen LogP contribution in [0.25, 0.3) is 0 Å². The molecule has 4 heteroatoms. The summed E-state index contributed by atoms with van der Waals surface area (Å²) in [5, 5.41) is 0. The number of nitrogens with zero attached hydrogens (tertiary/aromatic N) is 1. The van der Waals surface area contributed by atoms with Crippen LogP contribution in [-0.4, -0.2) is 24.8 Å². The van der Waals surface area contributed by atoms with E-state index in [-0.39, 0.29) is 5.54 Å². The van der Waals surface area contributed by atoms with Crippen LogP contribution in [0, 0.1) is 6.92 Å². The molecule has 1 saturated heterocycles. The molecule has 1 saturated carbocycles. The first kappa shape index (κ1) is 16.8. The van der Waals surface area contributed by atoms with Crippen molar-refractivity contribution in [1.29, 1.82) is 0 Å². The monoisotopic (exact) mass is 355 g/mol. The summed E-state index contributed by atoms with van der Waals surface area (Å²) in [6, 6.07) is 17.7. The molecule has 1 aliphatic heterocycles. The first-order valence-corrected chi connectivity index (χ1v) is 10.6. The fraction of sp³-hybridized carbons (Fsp3) is 0.429. The number of sulfonamides is 1. The highest BCUT2D eigenvalue weighted by Gasteiger charge is 2.52. The van der Waals surface area contributed by atoms with E-state index in [0.717, 1.165) is 37.7 Å². The van der Waals surface area contributed by atoms with Gasteiger partial charge in [0.25, 0.3) is 0 Å². The zero-order chi connectivity index (χ0) is 17.5. The van der Waals surface area contributed by atoms with E-state index in [4.69, 9.17) is 0 Å². The van der Waals surface area contributed by atoms with Crippen LogP contribution in [-0.2, 0) is 10.0 Å². The summed E-state index contributed by atoms with van der Waals surface area (Å²) in [6.07, 6.45) is 5.17. The molecule has 3 nitrogen and oxygen atoms in total. The fourth-order valence-electron chi connectivity index (χ4n) is 4.64. The summed E-state index contributed by atoms with van der Waals surface area (Å²) in [5.74, 6) is 0.291. The lowest BCUT2D eigenvalue weighted by molar-refractivity contribution is 0.247. The summed E-state index contributed by atoms with van der Waals surface area (Å²) in [7, 11) is -3.45. The van der Waals surface area contributed by atoms with E-state index in [9.17, 15) is 8.42 Å². The average molecular weight is 356 g/mol. The van der Waals surface area contributed by atoms with Crippen molar-refractivity contribution in [3.8, 4) is 0 Å². The first-order valence-electron chi connectivity index (χ1n) is 9.16. The van der Waals surface area contributed by atoms with Gasteiger partial charge in [0.2, 0.25) is 10.0 Å². The van der Waals surface area contributed by atoms with Gasteiger partial charge < -0.3 is 0 Å². The van der Waals surface area contributed by atoms with Crippen molar-refractivity contribution in [3.63, 3.8) is 0 Å². The van der Waals surface area contributed by atoms with Crippen molar-refractivity contribution < 1.29 is 8.42 Å². The standard InChI is InChI=1S/C21H25NO2S/c1-17-9-11-20(12-10-17)25(23,24)22-16-19(18-7-3-2-4-8-18)15-21(22)13-5-6-14-21/h2-4,7-12,19H,5-6,13-16H2,1H3. The van der Waals surface area contributed by atoms with E-state index in [0.29, 0.717) is 17.4 Å². The van der Waals surface area contributed by atoms with Crippen molar-refractivity contribution >= 4 is 10.0 Å². The summed E-state index contributed by atoms with van der Waals surface area (Å²) in [5.41, 5.74) is 2.15.